The van der Waals surface area contributed by atoms with Crippen LogP contribution < -0.4 is 10.6 Å². The van der Waals surface area contributed by atoms with E-state index < -0.39 is 17.1 Å². The van der Waals surface area contributed by atoms with Crippen LogP contribution in [0.4, 0.5) is 11.5 Å². The molecule has 1 heterocycles. The molecule has 0 spiro atoms. The van der Waals surface area contributed by atoms with Gasteiger partial charge >= 0.3 is 5.97 Å². The fourth-order valence-corrected chi connectivity index (χ4v) is 3.73. The van der Waals surface area contributed by atoms with Gasteiger partial charge in [-0.2, -0.15) is 0 Å². The summed E-state index contributed by atoms with van der Waals surface area (Å²) in [5.74, 6) is -0.999. The first-order valence-electron chi connectivity index (χ1n) is 9.60. The monoisotopic (exact) mass is 451 g/mol. The van der Waals surface area contributed by atoms with Crippen molar-refractivity contribution in [2.75, 3.05) is 10.6 Å². The second kappa shape index (κ2) is 10.5. The van der Waals surface area contributed by atoms with Gasteiger partial charge < -0.3 is 20.3 Å². The van der Waals surface area contributed by atoms with E-state index in [0.29, 0.717) is 17.3 Å². The number of aryl methyl sites for hydroxylation is 1. The van der Waals surface area contributed by atoms with Crippen LogP contribution in [0.2, 0.25) is 0 Å². The highest BCUT2D eigenvalue weighted by Gasteiger charge is 2.23. The second-order valence-electron chi connectivity index (χ2n) is 6.87. The zero-order valence-electron chi connectivity index (χ0n) is 17.4. The largest absolute Gasteiger partial charge is 0.478 e. The maximum atomic E-state index is 13.0. The Labute approximate surface area is 188 Å². The number of nitrogens with zero attached hydrogens (tertiary/aromatic N) is 1. The predicted molar refractivity (Wildman–Crippen MR) is 121 cm³/mol. The van der Waals surface area contributed by atoms with Crippen molar-refractivity contribution in [3.63, 3.8) is 0 Å². The van der Waals surface area contributed by atoms with E-state index in [1.165, 1.54) is 18.7 Å². The van der Waals surface area contributed by atoms with Gasteiger partial charge in [0.1, 0.15) is 11.0 Å². The highest BCUT2D eigenvalue weighted by Crippen LogP contribution is 2.36. The highest BCUT2D eigenvalue weighted by atomic mass is 32.2. The Morgan fingerprint density at radius 2 is 1.75 bits per heavy atom. The lowest BCUT2D eigenvalue weighted by molar-refractivity contribution is -0.132. The van der Waals surface area contributed by atoms with Crippen molar-refractivity contribution in [2.24, 2.45) is 0 Å². The quantitative estimate of drug-likeness (QED) is 0.342. The van der Waals surface area contributed by atoms with Crippen molar-refractivity contribution in [3.8, 4) is 0 Å². The van der Waals surface area contributed by atoms with Gasteiger partial charge in [0.05, 0.1) is 0 Å². The molecule has 3 rings (SSSR count). The number of hydrogen-bond acceptors (Lipinski definition) is 6. The Balaban J connectivity index is 1.73. The van der Waals surface area contributed by atoms with Gasteiger partial charge in [-0.1, -0.05) is 35.5 Å². The van der Waals surface area contributed by atoms with Gasteiger partial charge in [0.25, 0.3) is 0 Å². The summed E-state index contributed by atoms with van der Waals surface area (Å²) in [6, 6.07) is 17.9. The van der Waals surface area contributed by atoms with Crippen LogP contribution >= 0.6 is 11.8 Å². The van der Waals surface area contributed by atoms with Crippen molar-refractivity contribution < 1.29 is 24.0 Å². The van der Waals surface area contributed by atoms with Crippen molar-refractivity contribution in [1.82, 2.24) is 5.16 Å². The van der Waals surface area contributed by atoms with Crippen LogP contribution in [0, 0.1) is 6.92 Å². The summed E-state index contributed by atoms with van der Waals surface area (Å²) in [4.78, 5) is 36.5. The normalized spacial score (nSPS) is 12.1. The Morgan fingerprint density at radius 1 is 1.06 bits per heavy atom. The summed E-state index contributed by atoms with van der Waals surface area (Å²) in [7, 11) is 0. The van der Waals surface area contributed by atoms with E-state index in [2.05, 4.69) is 15.8 Å². The van der Waals surface area contributed by atoms with Crippen LogP contribution in [-0.2, 0) is 14.4 Å². The average molecular weight is 452 g/mol. The fraction of sp³-hybridized carbons (Fsp3) is 0.130. The van der Waals surface area contributed by atoms with Crippen LogP contribution in [0.1, 0.15) is 23.5 Å². The molecule has 0 saturated carbocycles. The number of amides is 2. The number of anilines is 2. The molecule has 0 aliphatic rings. The first kappa shape index (κ1) is 22.8. The minimum absolute atomic E-state index is 0.0614. The van der Waals surface area contributed by atoms with Gasteiger partial charge in [-0.3, -0.25) is 9.59 Å². The van der Waals surface area contributed by atoms with E-state index in [-0.39, 0.29) is 11.5 Å². The van der Waals surface area contributed by atoms with Crippen LogP contribution in [-0.4, -0.2) is 28.0 Å². The van der Waals surface area contributed by atoms with Crippen molar-refractivity contribution in [1.29, 1.82) is 0 Å². The van der Waals surface area contributed by atoms with E-state index >= 15 is 0 Å². The number of nitrogens with one attached hydrogen (secondary N) is 2. The molecule has 8 nitrogen and oxygen atoms in total. The van der Waals surface area contributed by atoms with Gasteiger partial charge in [-0.15, -0.1) is 11.8 Å². The summed E-state index contributed by atoms with van der Waals surface area (Å²) < 4.78 is 5.01. The number of thioether (sulfide) groups is 1. The number of benzene rings is 2. The summed E-state index contributed by atoms with van der Waals surface area (Å²) >= 11 is 1.35. The zero-order chi connectivity index (χ0) is 23.1. The lowest BCUT2D eigenvalue weighted by atomic mass is 10.1. The van der Waals surface area contributed by atoms with E-state index in [0.717, 1.165) is 16.5 Å². The van der Waals surface area contributed by atoms with Gasteiger partial charge in [-0.05, 0) is 43.7 Å². The number of carboxylic acid groups (broad SMARTS) is 1. The maximum Gasteiger partial charge on any atom is 0.331 e. The first-order valence-corrected chi connectivity index (χ1v) is 10.5. The molecule has 32 heavy (non-hydrogen) atoms. The lowest BCUT2D eigenvalue weighted by Crippen LogP contribution is -2.19. The molecular weight excluding hydrogens is 430 g/mol. The highest BCUT2D eigenvalue weighted by molar-refractivity contribution is 8.00. The van der Waals surface area contributed by atoms with E-state index in [1.807, 2.05) is 30.3 Å². The number of carbonyl (C=O) groups is 3. The standard InChI is InChI=1S/C23H21N3O5S/c1-14(23(29)30)12-20(27)24-17-8-10-18(11-9-17)32-21(16-6-4-3-5-7-16)22(28)25-19-13-15(2)31-26-19/h3-13,21H,1-2H3,(H,24,27)(H,29,30)(H,25,26,28)/b14-12+/t21-/m1/s1. The Bertz CT molecular complexity index is 1140. The van der Waals surface area contributed by atoms with Crippen LogP contribution in [0.5, 0.6) is 0 Å². The topological polar surface area (TPSA) is 122 Å². The molecule has 0 aliphatic carbocycles. The van der Waals surface area contributed by atoms with Crippen molar-refractivity contribution in [2.45, 2.75) is 24.0 Å². The Hall–Kier alpha value is -3.85. The molecule has 0 unspecified atom stereocenters. The van der Waals surface area contributed by atoms with E-state index in [9.17, 15) is 14.4 Å². The third kappa shape index (κ3) is 6.32. The van der Waals surface area contributed by atoms with E-state index in [4.69, 9.17) is 9.63 Å². The van der Waals surface area contributed by atoms with Crippen molar-refractivity contribution >= 4 is 41.1 Å². The molecule has 1 aromatic heterocycles. The molecule has 0 fully saturated rings. The first-order chi connectivity index (χ1) is 15.3. The fourth-order valence-electron chi connectivity index (χ4n) is 2.71. The number of carboxylic acids is 1. The van der Waals surface area contributed by atoms with Gasteiger partial charge in [0, 0.05) is 28.3 Å². The Kier molecular flexibility index (Phi) is 7.45. The zero-order valence-corrected chi connectivity index (χ0v) is 18.2. The molecule has 2 aromatic carbocycles. The third-order valence-electron chi connectivity index (χ3n) is 4.28. The summed E-state index contributed by atoms with van der Waals surface area (Å²) in [5, 5.41) is 17.5. The molecule has 2 amide bonds. The molecule has 9 heteroatoms. The van der Waals surface area contributed by atoms with Crippen LogP contribution in [0.15, 0.2) is 81.7 Å². The Morgan fingerprint density at radius 3 is 2.34 bits per heavy atom. The second-order valence-corrected chi connectivity index (χ2v) is 8.05. The maximum absolute atomic E-state index is 13.0. The lowest BCUT2D eigenvalue weighted by Gasteiger charge is -2.16. The number of rotatable bonds is 8. The number of aliphatic carboxylic acids is 1. The smallest absolute Gasteiger partial charge is 0.331 e. The summed E-state index contributed by atoms with van der Waals surface area (Å²) in [5.41, 5.74) is 1.27. The number of hydrogen-bond donors (Lipinski definition) is 3. The molecule has 3 N–H and O–H groups in total. The molecule has 164 valence electrons. The molecule has 0 bridgehead atoms. The average Bonchev–Trinajstić information content (AvgIpc) is 3.18. The minimum Gasteiger partial charge on any atom is -0.478 e. The molecular formula is C23H21N3O5S. The molecule has 0 aliphatic heterocycles. The van der Waals surface area contributed by atoms with Gasteiger partial charge in [-0.25, -0.2) is 4.79 Å². The van der Waals surface area contributed by atoms with Crippen LogP contribution in [0.25, 0.3) is 0 Å². The summed E-state index contributed by atoms with van der Waals surface area (Å²) in [6.07, 6.45) is 1.02. The van der Waals surface area contributed by atoms with E-state index in [1.54, 1.807) is 37.3 Å². The van der Waals surface area contributed by atoms with Crippen molar-refractivity contribution in [3.05, 3.63) is 83.6 Å². The van der Waals surface area contributed by atoms with Gasteiger partial charge in [0.2, 0.25) is 11.8 Å². The third-order valence-corrected chi connectivity index (χ3v) is 5.55. The summed E-state index contributed by atoms with van der Waals surface area (Å²) in [6.45, 7) is 3.09. The number of aromatic nitrogens is 1. The SMILES string of the molecule is C/C(=C\C(=O)Nc1ccc(S[C@@H](C(=O)Nc2cc(C)on2)c2ccccc2)cc1)C(=O)O. The molecule has 0 radical (unpaired) electrons. The molecule has 3 aromatic rings. The molecule has 1 atom stereocenters. The molecule has 0 saturated heterocycles. The predicted octanol–water partition coefficient (Wildman–Crippen LogP) is 4.42. The number of carbonyl (C=O) groups excluding carboxylic acids is 2. The van der Waals surface area contributed by atoms with Gasteiger partial charge in [0.15, 0.2) is 5.82 Å². The van der Waals surface area contributed by atoms with Crippen LogP contribution in [0.3, 0.4) is 0 Å². The minimum atomic E-state index is -1.15.